The lowest BCUT2D eigenvalue weighted by molar-refractivity contribution is 0.0256. The Bertz CT molecular complexity index is 1150. The molecule has 2 aromatic heterocycles. The highest BCUT2D eigenvalue weighted by atomic mass is 35.5. The second-order valence-corrected chi connectivity index (χ2v) is 10.6. The van der Waals surface area contributed by atoms with Gasteiger partial charge in [-0.15, -0.1) is 0 Å². The molecule has 22 heteroatoms. The normalized spacial score (nSPS) is 11.8. The first-order chi connectivity index (χ1) is 17.9. The van der Waals surface area contributed by atoms with Gasteiger partial charge < -0.3 is 29.6 Å². The van der Waals surface area contributed by atoms with Crippen LogP contribution in [-0.4, -0.2) is 120 Å². The highest BCUT2D eigenvalue weighted by Gasteiger charge is 2.10. The molecule has 0 atom stereocenters. The molecular formula is C16H24Cl2N8O10S2. The number of halogens is 2. The Morgan fingerprint density at radius 2 is 0.974 bits per heavy atom. The number of hydrogen-bond acceptors (Lipinski definition) is 16. The van der Waals surface area contributed by atoms with E-state index >= 15 is 0 Å². The minimum Gasteiger partial charge on any atom is -0.461 e. The molecule has 214 valence electrons. The average molecular weight is 623 g/mol. The smallest absolute Gasteiger partial charge is 0.322 e. The van der Waals surface area contributed by atoms with E-state index in [9.17, 15) is 16.8 Å². The van der Waals surface area contributed by atoms with Crippen molar-refractivity contribution in [3.8, 4) is 12.0 Å². The van der Waals surface area contributed by atoms with Crippen LogP contribution in [0.25, 0.3) is 0 Å². The predicted octanol–water partition coefficient (Wildman–Crippen LogP) is -0.546. The summed E-state index contributed by atoms with van der Waals surface area (Å²) in [6, 6.07) is -0.210. The van der Waals surface area contributed by atoms with Crippen molar-refractivity contribution in [3.05, 3.63) is 10.6 Å². The van der Waals surface area contributed by atoms with Crippen molar-refractivity contribution < 1.29 is 44.9 Å². The van der Waals surface area contributed by atoms with Gasteiger partial charge in [-0.25, -0.2) is 0 Å². The summed E-state index contributed by atoms with van der Waals surface area (Å²) >= 11 is 11.5. The van der Waals surface area contributed by atoms with Gasteiger partial charge in [-0.1, -0.05) is 0 Å². The molecule has 0 unspecified atom stereocenters. The van der Waals surface area contributed by atoms with Crippen LogP contribution in [0.4, 0.5) is 11.9 Å². The number of nitrogens with one attached hydrogen (secondary N) is 2. The maximum Gasteiger partial charge on any atom is 0.322 e. The summed E-state index contributed by atoms with van der Waals surface area (Å²) in [6.07, 6.45) is 0. The molecule has 18 nitrogen and oxygen atoms in total. The maximum atomic E-state index is 10.7. The zero-order valence-corrected chi connectivity index (χ0v) is 22.6. The Labute approximate surface area is 227 Å². The number of ether oxygens (including phenoxy) is 4. The second kappa shape index (κ2) is 15.8. The molecule has 4 N–H and O–H groups in total. The summed E-state index contributed by atoms with van der Waals surface area (Å²) in [4.78, 5) is 22.9. The third-order valence-electron chi connectivity index (χ3n) is 3.75. The first-order valence-corrected chi connectivity index (χ1v) is 14.5. The maximum absolute atomic E-state index is 10.7. The van der Waals surface area contributed by atoms with E-state index in [1.165, 1.54) is 0 Å². The van der Waals surface area contributed by atoms with Crippen molar-refractivity contribution in [1.82, 2.24) is 29.9 Å². The molecule has 38 heavy (non-hydrogen) atoms. The van der Waals surface area contributed by atoms with Crippen molar-refractivity contribution in [2.75, 3.05) is 74.9 Å². The van der Waals surface area contributed by atoms with E-state index in [2.05, 4.69) is 40.5 Å². The fourth-order valence-electron chi connectivity index (χ4n) is 2.24. The molecule has 0 saturated heterocycles. The zero-order chi connectivity index (χ0) is 28.0. The molecule has 2 heterocycles. The summed E-state index contributed by atoms with van der Waals surface area (Å²) in [5.41, 5.74) is 0. The summed E-state index contributed by atoms with van der Waals surface area (Å²) in [5, 5.41) is 4.80. The number of nitrogens with zero attached hydrogens (tertiary/aromatic N) is 6. The van der Waals surface area contributed by atoms with Crippen molar-refractivity contribution in [1.29, 1.82) is 0 Å². The monoisotopic (exact) mass is 622 g/mol. The van der Waals surface area contributed by atoms with Gasteiger partial charge in [0.15, 0.2) is 0 Å². The minimum absolute atomic E-state index is 0.0238. The van der Waals surface area contributed by atoms with Crippen molar-refractivity contribution in [3.63, 3.8) is 0 Å². The molecule has 2 aromatic rings. The van der Waals surface area contributed by atoms with E-state index in [1.54, 1.807) is 0 Å². The van der Waals surface area contributed by atoms with Crippen LogP contribution in [0, 0.1) is 0 Å². The minimum atomic E-state index is -4.14. The van der Waals surface area contributed by atoms with E-state index in [1.807, 2.05) is 0 Å². The Hall–Kier alpha value is -2.46. The Morgan fingerprint density at radius 3 is 1.34 bits per heavy atom. The van der Waals surface area contributed by atoms with E-state index in [-0.39, 0.29) is 87.2 Å². The first kappa shape index (κ1) is 31.8. The molecule has 0 radical (unpaired) electrons. The molecule has 0 aromatic carbocycles. The van der Waals surface area contributed by atoms with E-state index in [0.29, 0.717) is 0 Å². The topological polar surface area (TPSA) is 247 Å². The summed E-state index contributed by atoms with van der Waals surface area (Å²) in [7, 11) is -8.27. The van der Waals surface area contributed by atoms with Gasteiger partial charge in [-0.2, -0.15) is 46.7 Å². The summed E-state index contributed by atoms with van der Waals surface area (Å²) in [5.74, 6) is -1.13. The third-order valence-corrected chi connectivity index (χ3v) is 5.53. The molecule has 0 fully saturated rings. The van der Waals surface area contributed by atoms with Gasteiger partial charge in [0.05, 0.1) is 37.9 Å². The highest BCUT2D eigenvalue weighted by Crippen LogP contribution is 2.12. The fraction of sp³-hybridized carbons (Fsp3) is 0.625. The molecule has 0 aliphatic heterocycles. The molecular weight excluding hydrogens is 599 g/mol. The van der Waals surface area contributed by atoms with Crippen molar-refractivity contribution >= 4 is 55.3 Å². The van der Waals surface area contributed by atoms with Gasteiger partial charge in [-0.3, -0.25) is 9.11 Å². The van der Waals surface area contributed by atoms with Gasteiger partial charge in [0.2, 0.25) is 22.5 Å². The molecule has 0 amide bonds. The first-order valence-electron chi connectivity index (χ1n) is 10.5. The average Bonchev–Trinajstić information content (AvgIpc) is 2.78. The Kier molecular flexibility index (Phi) is 13.2. The highest BCUT2D eigenvalue weighted by molar-refractivity contribution is 7.86. The van der Waals surface area contributed by atoms with Gasteiger partial charge in [0, 0.05) is 13.1 Å². The van der Waals surface area contributed by atoms with Crippen LogP contribution in [-0.2, 0) is 29.7 Å². The van der Waals surface area contributed by atoms with Gasteiger partial charge >= 0.3 is 12.0 Å². The standard InChI is InChI=1S/C16H24Cl2N8O10S2/c17-11-21-13(19-1-9-37(27,28)29)25-15(23-11)35-7-5-33-3-4-34-6-8-36-16-24-12(18)22-14(26-16)20-2-10-38(30,31)32/h1-10H2,(H,27,28,29)(H,30,31,32)(H,19,21,23,25)(H,20,22,24,26). The Morgan fingerprint density at radius 1 is 0.605 bits per heavy atom. The molecule has 0 aliphatic rings. The van der Waals surface area contributed by atoms with Crippen LogP contribution >= 0.6 is 23.2 Å². The van der Waals surface area contributed by atoms with Crippen molar-refractivity contribution in [2.45, 2.75) is 0 Å². The summed E-state index contributed by atoms with van der Waals surface area (Å²) < 4.78 is 81.7. The molecule has 0 bridgehead atoms. The molecule has 0 aliphatic carbocycles. The largest absolute Gasteiger partial charge is 0.461 e. The van der Waals surface area contributed by atoms with Gasteiger partial charge in [0.25, 0.3) is 20.2 Å². The fourth-order valence-corrected chi connectivity index (χ4v) is 3.27. The van der Waals surface area contributed by atoms with Crippen LogP contribution in [0.2, 0.25) is 10.6 Å². The number of anilines is 2. The van der Waals surface area contributed by atoms with Crippen LogP contribution in [0.15, 0.2) is 0 Å². The molecule has 2 rings (SSSR count). The second-order valence-electron chi connectivity index (χ2n) is 6.77. The Balaban J connectivity index is 1.57. The zero-order valence-electron chi connectivity index (χ0n) is 19.5. The lowest BCUT2D eigenvalue weighted by atomic mass is 10.7. The van der Waals surface area contributed by atoms with Crippen LogP contribution < -0.4 is 20.1 Å². The number of aromatic nitrogens is 6. The van der Waals surface area contributed by atoms with Gasteiger partial charge in [0.1, 0.15) is 13.2 Å². The van der Waals surface area contributed by atoms with E-state index < -0.39 is 31.7 Å². The quantitative estimate of drug-likeness (QED) is 0.113. The lowest BCUT2D eigenvalue weighted by Gasteiger charge is -2.09. The number of rotatable bonds is 19. The lowest BCUT2D eigenvalue weighted by Crippen LogP contribution is -2.17. The summed E-state index contributed by atoms with van der Waals surface area (Å²) in [6.45, 7) is 0.689. The number of hydrogen-bond donors (Lipinski definition) is 4. The SMILES string of the molecule is O=S(=O)(O)CCNc1nc(Cl)nc(OCCOCCOCCOc2nc(Cl)nc(NCCS(=O)(=O)O)n2)n1. The van der Waals surface area contributed by atoms with E-state index in [4.69, 9.17) is 51.3 Å². The van der Waals surface area contributed by atoms with Crippen LogP contribution in [0.5, 0.6) is 12.0 Å². The van der Waals surface area contributed by atoms with Crippen LogP contribution in [0.1, 0.15) is 0 Å². The predicted molar refractivity (Wildman–Crippen MR) is 132 cm³/mol. The third kappa shape index (κ3) is 15.1. The molecule has 0 saturated carbocycles. The van der Waals surface area contributed by atoms with E-state index in [0.717, 1.165) is 0 Å². The van der Waals surface area contributed by atoms with Gasteiger partial charge in [-0.05, 0) is 23.2 Å². The van der Waals surface area contributed by atoms with Crippen molar-refractivity contribution in [2.24, 2.45) is 0 Å². The van der Waals surface area contributed by atoms with Crippen LogP contribution in [0.3, 0.4) is 0 Å². The molecule has 0 spiro atoms.